The maximum atomic E-state index is 12.9. The molecule has 0 radical (unpaired) electrons. The van der Waals surface area contributed by atoms with E-state index >= 15 is 0 Å². The highest BCUT2D eigenvalue weighted by molar-refractivity contribution is 5.92. The molecule has 2 amide bonds. The van der Waals surface area contributed by atoms with Crippen molar-refractivity contribution in [2.75, 3.05) is 6.61 Å². The summed E-state index contributed by atoms with van der Waals surface area (Å²) in [6, 6.07) is 8.34. The normalized spacial score (nSPS) is 12.5. The Kier molecular flexibility index (Phi) is 11.8. The fourth-order valence-corrected chi connectivity index (χ4v) is 3.13. The van der Waals surface area contributed by atoms with Crippen LogP contribution < -0.4 is 10.8 Å². The van der Waals surface area contributed by atoms with Gasteiger partial charge in [-0.25, -0.2) is 5.48 Å². The number of amides is 2. The second-order valence-electron chi connectivity index (χ2n) is 7.75. The van der Waals surface area contributed by atoms with E-state index < -0.39 is 29.7 Å². The summed E-state index contributed by atoms with van der Waals surface area (Å²) in [5.41, 5.74) is 2.40. The molecule has 8 heteroatoms. The van der Waals surface area contributed by atoms with Gasteiger partial charge in [0.2, 0.25) is 11.8 Å². The summed E-state index contributed by atoms with van der Waals surface area (Å²) in [5.74, 6) is -2.50. The van der Waals surface area contributed by atoms with Gasteiger partial charge in [0.15, 0.2) is 5.78 Å². The molecule has 0 aliphatic heterocycles. The Bertz CT molecular complexity index is 748. The minimum atomic E-state index is -0.853. The summed E-state index contributed by atoms with van der Waals surface area (Å²) >= 11 is 0. The van der Waals surface area contributed by atoms with Crippen LogP contribution in [0.15, 0.2) is 43.0 Å². The van der Waals surface area contributed by atoms with Gasteiger partial charge >= 0.3 is 5.97 Å². The minimum Gasteiger partial charge on any atom is -0.461 e. The molecule has 1 rings (SSSR count). The van der Waals surface area contributed by atoms with Crippen molar-refractivity contribution in [2.45, 2.75) is 52.0 Å². The second-order valence-corrected chi connectivity index (χ2v) is 7.75. The first-order valence-electron chi connectivity index (χ1n) is 10.3. The Morgan fingerprint density at radius 3 is 2.39 bits per heavy atom. The number of carbonyl (C=O) groups is 4. The summed E-state index contributed by atoms with van der Waals surface area (Å²) in [6.45, 7) is 7.36. The largest absolute Gasteiger partial charge is 0.461 e. The van der Waals surface area contributed by atoms with Crippen molar-refractivity contribution >= 4 is 23.6 Å². The summed E-state index contributed by atoms with van der Waals surface area (Å²) < 4.78 is 4.89. The molecule has 1 aromatic rings. The Labute approximate surface area is 183 Å². The lowest BCUT2D eigenvalue weighted by Gasteiger charge is -2.23. The van der Waals surface area contributed by atoms with Crippen molar-refractivity contribution in [3.8, 4) is 0 Å². The van der Waals surface area contributed by atoms with Gasteiger partial charge in [0, 0.05) is 18.8 Å². The van der Waals surface area contributed by atoms with Crippen LogP contribution in [0.3, 0.4) is 0 Å². The molecule has 1 unspecified atom stereocenters. The van der Waals surface area contributed by atoms with Gasteiger partial charge in [-0.1, -0.05) is 56.8 Å². The number of esters is 1. The van der Waals surface area contributed by atoms with Crippen molar-refractivity contribution in [3.05, 3.63) is 48.6 Å². The number of hydrogen-bond acceptors (Lipinski definition) is 6. The highest BCUT2D eigenvalue weighted by Crippen LogP contribution is 2.17. The first-order valence-corrected chi connectivity index (χ1v) is 10.3. The molecule has 170 valence electrons. The van der Waals surface area contributed by atoms with E-state index in [1.807, 2.05) is 44.2 Å². The second kappa shape index (κ2) is 14.1. The SMILES string of the molecule is C=CCOC(=O)CCC(=O)C(Cc1ccccc1)NC(=O)[C@@H](CC(=O)NO)CC(C)C. The maximum Gasteiger partial charge on any atom is 0.306 e. The quantitative estimate of drug-likeness (QED) is 0.180. The van der Waals surface area contributed by atoms with Crippen molar-refractivity contribution < 1.29 is 29.1 Å². The number of benzene rings is 1. The lowest BCUT2D eigenvalue weighted by molar-refractivity contribution is -0.143. The van der Waals surface area contributed by atoms with E-state index in [0.717, 1.165) is 5.56 Å². The highest BCUT2D eigenvalue weighted by atomic mass is 16.5. The smallest absolute Gasteiger partial charge is 0.306 e. The highest BCUT2D eigenvalue weighted by Gasteiger charge is 2.28. The van der Waals surface area contributed by atoms with E-state index in [9.17, 15) is 19.2 Å². The van der Waals surface area contributed by atoms with E-state index in [4.69, 9.17) is 9.94 Å². The third-order valence-electron chi connectivity index (χ3n) is 4.61. The van der Waals surface area contributed by atoms with E-state index in [1.54, 1.807) is 5.48 Å². The molecule has 0 fully saturated rings. The number of ether oxygens (including phenoxy) is 1. The Morgan fingerprint density at radius 1 is 1.13 bits per heavy atom. The van der Waals surface area contributed by atoms with Crippen LogP contribution in [0.1, 0.15) is 45.1 Å². The lowest BCUT2D eigenvalue weighted by atomic mass is 9.91. The van der Waals surface area contributed by atoms with Crippen LogP contribution in [-0.2, 0) is 30.3 Å². The van der Waals surface area contributed by atoms with E-state index in [2.05, 4.69) is 11.9 Å². The van der Waals surface area contributed by atoms with Gasteiger partial charge in [-0.3, -0.25) is 24.4 Å². The number of nitrogens with one attached hydrogen (secondary N) is 2. The molecule has 0 aliphatic carbocycles. The lowest BCUT2D eigenvalue weighted by Crippen LogP contribution is -2.46. The number of carbonyl (C=O) groups excluding carboxylic acids is 4. The first-order chi connectivity index (χ1) is 14.8. The molecule has 3 N–H and O–H groups in total. The van der Waals surface area contributed by atoms with Crippen molar-refractivity contribution in [1.29, 1.82) is 0 Å². The molecule has 8 nitrogen and oxygen atoms in total. The molecule has 0 saturated heterocycles. The number of ketones is 1. The van der Waals surface area contributed by atoms with Gasteiger partial charge in [0.05, 0.1) is 12.5 Å². The van der Waals surface area contributed by atoms with Gasteiger partial charge in [0.25, 0.3) is 0 Å². The predicted molar refractivity (Wildman–Crippen MR) is 115 cm³/mol. The minimum absolute atomic E-state index is 0.0704. The molecule has 0 spiro atoms. The zero-order chi connectivity index (χ0) is 23.2. The zero-order valence-electron chi connectivity index (χ0n) is 18.1. The molecular formula is C23H32N2O6. The predicted octanol–water partition coefficient (Wildman–Crippen LogP) is 2.35. The van der Waals surface area contributed by atoms with Gasteiger partial charge < -0.3 is 10.1 Å². The standard InChI is InChI=1S/C23H32N2O6/c1-4-12-31-22(28)11-10-20(26)19(14-17-8-6-5-7-9-17)24-23(29)18(13-16(2)3)15-21(27)25-30/h4-9,16,18-19,30H,1,10-15H2,2-3H3,(H,24,29)(H,25,27)/t18-,19?/m1/s1. The Morgan fingerprint density at radius 2 is 1.81 bits per heavy atom. The summed E-state index contributed by atoms with van der Waals surface area (Å²) in [7, 11) is 0. The molecule has 0 aromatic heterocycles. The van der Waals surface area contributed by atoms with Crippen LogP contribution in [0.25, 0.3) is 0 Å². The average molecular weight is 433 g/mol. The van der Waals surface area contributed by atoms with Crippen LogP contribution in [0.2, 0.25) is 0 Å². The number of Topliss-reactive ketones (excluding diaryl/α,β-unsaturated/α-hetero) is 1. The maximum absolute atomic E-state index is 12.9. The van der Waals surface area contributed by atoms with E-state index in [-0.39, 0.29) is 44.0 Å². The Balaban J connectivity index is 2.91. The first kappa shape index (κ1) is 26.0. The summed E-state index contributed by atoms with van der Waals surface area (Å²) in [5, 5.41) is 11.6. The van der Waals surface area contributed by atoms with Crippen LogP contribution in [0.4, 0.5) is 0 Å². The zero-order valence-corrected chi connectivity index (χ0v) is 18.1. The molecule has 0 saturated carbocycles. The topological polar surface area (TPSA) is 122 Å². The van der Waals surface area contributed by atoms with E-state index in [1.165, 1.54) is 6.08 Å². The van der Waals surface area contributed by atoms with Crippen LogP contribution >= 0.6 is 0 Å². The molecule has 0 heterocycles. The van der Waals surface area contributed by atoms with Crippen molar-refractivity contribution in [2.24, 2.45) is 11.8 Å². The Hall–Kier alpha value is -3.00. The average Bonchev–Trinajstić information content (AvgIpc) is 2.75. The van der Waals surface area contributed by atoms with Gasteiger partial charge in [0.1, 0.15) is 6.61 Å². The third kappa shape index (κ3) is 10.5. The molecule has 1 aromatic carbocycles. The fraction of sp³-hybridized carbons (Fsp3) is 0.478. The van der Waals surface area contributed by atoms with Gasteiger partial charge in [-0.2, -0.15) is 0 Å². The van der Waals surface area contributed by atoms with Crippen LogP contribution in [-0.4, -0.2) is 41.4 Å². The van der Waals surface area contributed by atoms with Crippen molar-refractivity contribution in [1.82, 2.24) is 10.8 Å². The van der Waals surface area contributed by atoms with Gasteiger partial charge in [-0.15, -0.1) is 0 Å². The monoisotopic (exact) mass is 432 g/mol. The molecule has 0 bridgehead atoms. The number of rotatable bonds is 14. The van der Waals surface area contributed by atoms with E-state index in [0.29, 0.717) is 6.42 Å². The van der Waals surface area contributed by atoms with Crippen LogP contribution in [0, 0.1) is 11.8 Å². The number of hydroxylamine groups is 1. The number of hydrogen-bond donors (Lipinski definition) is 3. The molecular weight excluding hydrogens is 400 g/mol. The van der Waals surface area contributed by atoms with Crippen LogP contribution in [0.5, 0.6) is 0 Å². The van der Waals surface area contributed by atoms with Crippen molar-refractivity contribution in [3.63, 3.8) is 0 Å². The fourth-order valence-electron chi connectivity index (χ4n) is 3.13. The molecule has 2 atom stereocenters. The summed E-state index contributed by atoms with van der Waals surface area (Å²) in [6.07, 6.45) is 1.74. The summed E-state index contributed by atoms with van der Waals surface area (Å²) in [4.78, 5) is 49.0. The third-order valence-corrected chi connectivity index (χ3v) is 4.61. The van der Waals surface area contributed by atoms with Gasteiger partial charge in [-0.05, 0) is 24.3 Å². The molecule has 31 heavy (non-hydrogen) atoms. The molecule has 0 aliphatic rings.